The molecular weight excluding hydrogens is 226 g/mol. The van der Waals surface area contributed by atoms with Crippen molar-refractivity contribution in [2.45, 2.75) is 51.5 Å². The van der Waals surface area contributed by atoms with Crippen LogP contribution in [0.5, 0.6) is 0 Å². The van der Waals surface area contributed by atoms with Crippen molar-refractivity contribution in [3.8, 4) is 0 Å². The van der Waals surface area contributed by atoms with Crippen LogP contribution in [0.25, 0.3) is 0 Å². The molecule has 0 unspecified atom stereocenters. The lowest BCUT2D eigenvalue weighted by Gasteiger charge is -2.54. The van der Waals surface area contributed by atoms with Gasteiger partial charge in [0, 0.05) is 25.8 Å². The van der Waals surface area contributed by atoms with Gasteiger partial charge in [0.15, 0.2) is 0 Å². The SMILES string of the molecule is C[C@@H]1CC[C@@H]2[C@@H](C)C(=O)N(C)[C@@]23CC(=O)CC[C@@H]13. The van der Waals surface area contributed by atoms with Gasteiger partial charge in [0.1, 0.15) is 5.78 Å². The van der Waals surface area contributed by atoms with Crippen LogP contribution in [0.4, 0.5) is 0 Å². The van der Waals surface area contributed by atoms with Gasteiger partial charge < -0.3 is 4.90 Å². The minimum Gasteiger partial charge on any atom is -0.339 e. The zero-order valence-electron chi connectivity index (χ0n) is 11.6. The molecule has 3 aliphatic rings. The predicted octanol–water partition coefficient (Wildman–Crippen LogP) is 2.25. The van der Waals surface area contributed by atoms with Crippen LogP contribution >= 0.6 is 0 Å². The quantitative estimate of drug-likeness (QED) is 0.660. The van der Waals surface area contributed by atoms with Crippen LogP contribution in [-0.2, 0) is 9.59 Å². The molecule has 0 aromatic carbocycles. The molecule has 5 atom stereocenters. The van der Waals surface area contributed by atoms with Gasteiger partial charge in [0.25, 0.3) is 0 Å². The van der Waals surface area contributed by atoms with Gasteiger partial charge in [0.05, 0.1) is 5.54 Å². The fraction of sp³-hybridized carbons (Fsp3) is 0.867. The van der Waals surface area contributed by atoms with Gasteiger partial charge in [-0.15, -0.1) is 0 Å². The van der Waals surface area contributed by atoms with Gasteiger partial charge in [-0.05, 0) is 37.0 Å². The second-order valence-corrected chi connectivity index (χ2v) is 6.70. The van der Waals surface area contributed by atoms with E-state index in [0.29, 0.717) is 30.0 Å². The monoisotopic (exact) mass is 249 g/mol. The molecule has 100 valence electrons. The maximum atomic E-state index is 12.3. The van der Waals surface area contributed by atoms with Crippen molar-refractivity contribution in [1.82, 2.24) is 4.90 Å². The first-order valence-electron chi connectivity index (χ1n) is 7.28. The Bertz CT molecular complexity index is 405. The van der Waals surface area contributed by atoms with Crippen LogP contribution in [0, 0.1) is 23.7 Å². The summed E-state index contributed by atoms with van der Waals surface area (Å²) in [5, 5.41) is 0. The van der Waals surface area contributed by atoms with E-state index in [4.69, 9.17) is 0 Å². The number of ketones is 1. The highest BCUT2D eigenvalue weighted by Gasteiger charge is 2.63. The maximum absolute atomic E-state index is 12.3. The van der Waals surface area contributed by atoms with E-state index in [1.165, 1.54) is 6.42 Å². The molecule has 3 fully saturated rings. The minimum atomic E-state index is -0.135. The molecule has 18 heavy (non-hydrogen) atoms. The minimum absolute atomic E-state index is 0.107. The summed E-state index contributed by atoms with van der Waals surface area (Å²) in [7, 11) is 1.93. The summed E-state index contributed by atoms with van der Waals surface area (Å²) < 4.78 is 0. The Kier molecular flexibility index (Phi) is 2.58. The van der Waals surface area contributed by atoms with E-state index >= 15 is 0 Å². The van der Waals surface area contributed by atoms with Crippen molar-refractivity contribution in [3.05, 3.63) is 0 Å². The number of rotatable bonds is 0. The van der Waals surface area contributed by atoms with Crippen molar-refractivity contribution >= 4 is 11.7 Å². The lowest BCUT2D eigenvalue weighted by atomic mass is 9.55. The third-order valence-corrected chi connectivity index (χ3v) is 6.07. The first-order chi connectivity index (χ1) is 8.48. The Balaban J connectivity index is 2.08. The molecule has 2 aliphatic carbocycles. The summed E-state index contributed by atoms with van der Waals surface area (Å²) in [6, 6.07) is 0. The topological polar surface area (TPSA) is 37.4 Å². The zero-order chi connectivity index (χ0) is 13.1. The highest BCUT2D eigenvalue weighted by molar-refractivity contribution is 5.87. The highest BCUT2D eigenvalue weighted by Crippen LogP contribution is 2.57. The van der Waals surface area contributed by atoms with E-state index in [2.05, 4.69) is 13.8 Å². The molecule has 0 N–H and O–H groups in total. The number of carbonyl (C=O) groups excluding carboxylic acids is 2. The number of nitrogens with zero attached hydrogens (tertiary/aromatic N) is 1. The van der Waals surface area contributed by atoms with E-state index in [1.54, 1.807) is 0 Å². The van der Waals surface area contributed by atoms with E-state index in [0.717, 1.165) is 19.3 Å². The van der Waals surface area contributed by atoms with Gasteiger partial charge in [0.2, 0.25) is 5.91 Å². The van der Waals surface area contributed by atoms with Crippen molar-refractivity contribution in [1.29, 1.82) is 0 Å². The Morgan fingerprint density at radius 2 is 1.83 bits per heavy atom. The van der Waals surface area contributed by atoms with Crippen molar-refractivity contribution in [2.24, 2.45) is 23.7 Å². The standard InChI is InChI=1S/C15H23NO2/c1-9-4-6-13-10(2)14(18)16(3)15(13)8-11(17)5-7-12(9)15/h9-10,12-13H,4-8H2,1-3H3/t9-,10-,12+,13-,15-/m1/s1. The number of Topliss-reactive ketones (excluding diaryl/α,β-unsaturated/α-hetero) is 1. The fourth-order valence-electron chi connectivity index (χ4n) is 5.16. The van der Waals surface area contributed by atoms with Crippen molar-refractivity contribution in [2.75, 3.05) is 7.05 Å². The Morgan fingerprint density at radius 1 is 1.11 bits per heavy atom. The third-order valence-electron chi connectivity index (χ3n) is 6.07. The smallest absolute Gasteiger partial charge is 0.226 e. The molecule has 1 spiro atoms. The Labute approximate surface area is 109 Å². The summed E-state index contributed by atoms with van der Waals surface area (Å²) >= 11 is 0. The van der Waals surface area contributed by atoms with E-state index in [-0.39, 0.29) is 17.4 Å². The molecular formula is C15H23NO2. The molecule has 0 bridgehead atoms. The number of likely N-dealkylation sites (tertiary alicyclic amines) is 1. The lowest BCUT2D eigenvalue weighted by Crippen LogP contribution is -2.60. The molecule has 1 saturated heterocycles. The van der Waals surface area contributed by atoms with E-state index in [9.17, 15) is 9.59 Å². The zero-order valence-corrected chi connectivity index (χ0v) is 11.6. The predicted molar refractivity (Wildman–Crippen MR) is 68.9 cm³/mol. The molecule has 3 rings (SSSR count). The molecule has 0 aromatic rings. The Hall–Kier alpha value is -0.860. The second kappa shape index (κ2) is 3.82. The van der Waals surface area contributed by atoms with Crippen LogP contribution in [-0.4, -0.2) is 29.2 Å². The van der Waals surface area contributed by atoms with Gasteiger partial charge in [-0.3, -0.25) is 9.59 Å². The van der Waals surface area contributed by atoms with Gasteiger partial charge in [-0.2, -0.15) is 0 Å². The van der Waals surface area contributed by atoms with Gasteiger partial charge in [-0.1, -0.05) is 13.8 Å². The largest absolute Gasteiger partial charge is 0.339 e. The fourth-order valence-corrected chi connectivity index (χ4v) is 5.16. The lowest BCUT2D eigenvalue weighted by molar-refractivity contribution is -0.140. The van der Waals surface area contributed by atoms with Crippen LogP contribution in [0.15, 0.2) is 0 Å². The number of amides is 1. The molecule has 0 aromatic heterocycles. The van der Waals surface area contributed by atoms with Crippen molar-refractivity contribution in [3.63, 3.8) is 0 Å². The number of hydrogen-bond donors (Lipinski definition) is 0. The molecule has 1 aliphatic heterocycles. The van der Waals surface area contributed by atoms with Gasteiger partial charge in [-0.25, -0.2) is 0 Å². The molecule has 2 saturated carbocycles. The third kappa shape index (κ3) is 1.31. The van der Waals surface area contributed by atoms with E-state index < -0.39 is 0 Å². The summed E-state index contributed by atoms with van der Waals surface area (Å²) in [4.78, 5) is 26.3. The number of carbonyl (C=O) groups is 2. The highest BCUT2D eigenvalue weighted by atomic mass is 16.2. The normalized spacial score (nSPS) is 48.1. The first kappa shape index (κ1) is 12.2. The summed E-state index contributed by atoms with van der Waals surface area (Å²) in [5.74, 6) is 2.31. The van der Waals surface area contributed by atoms with Crippen molar-refractivity contribution < 1.29 is 9.59 Å². The molecule has 0 radical (unpaired) electrons. The van der Waals surface area contributed by atoms with E-state index in [1.807, 2.05) is 11.9 Å². The Morgan fingerprint density at radius 3 is 2.56 bits per heavy atom. The average molecular weight is 249 g/mol. The number of hydrogen-bond acceptors (Lipinski definition) is 2. The molecule has 3 heteroatoms. The molecule has 3 nitrogen and oxygen atoms in total. The van der Waals surface area contributed by atoms with Crippen LogP contribution in [0.3, 0.4) is 0 Å². The van der Waals surface area contributed by atoms with Crippen LogP contribution < -0.4 is 0 Å². The molecule has 1 amide bonds. The molecule has 1 heterocycles. The average Bonchev–Trinajstić information content (AvgIpc) is 2.51. The summed E-state index contributed by atoms with van der Waals surface area (Å²) in [6.45, 7) is 4.37. The van der Waals surface area contributed by atoms with Crippen LogP contribution in [0.2, 0.25) is 0 Å². The second-order valence-electron chi connectivity index (χ2n) is 6.70. The maximum Gasteiger partial charge on any atom is 0.226 e. The van der Waals surface area contributed by atoms with Gasteiger partial charge >= 0.3 is 0 Å². The summed E-state index contributed by atoms with van der Waals surface area (Å²) in [6.07, 6.45) is 4.65. The van der Waals surface area contributed by atoms with Crippen LogP contribution in [0.1, 0.15) is 46.0 Å². The first-order valence-corrected chi connectivity index (χ1v) is 7.28. The summed E-state index contributed by atoms with van der Waals surface area (Å²) in [5.41, 5.74) is -0.135.